The second kappa shape index (κ2) is 5.43. The van der Waals surface area contributed by atoms with Gasteiger partial charge < -0.3 is 5.11 Å². The van der Waals surface area contributed by atoms with E-state index in [4.69, 9.17) is 5.26 Å². The number of aliphatic hydroxyl groups is 1. The summed E-state index contributed by atoms with van der Waals surface area (Å²) in [4.78, 5) is 13.3. The normalized spacial score (nSPS) is 52.3. The van der Waals surface area contributed by atoms with E-state index in [1.807, 2.05) is 0 Å². The third-order valence-corrected chi connectivity index (χ3v) is 8.41. The molecule has 0 aliphatic heterocycles. The van der Waals surface area contributed by atoms with Crippen molar-refractivity contribution >= 4 is 5.78 Å². The Kier molecular flexibility index (Phi) is 3.69. The van der Waals surface area contributed by atoms with Crippen molar-refractivity contribution < 1.29 is 9.90 Å². The van der Waals surface area contributed by atoms with Crippen LogP contribution >= 0.6 is 0 Å². The van der Waals surface area contributed by atoms with E-state index in [9.17, 15) is 9.90 Å². The third kappa shape index (κ3) is 2.08. The van der Waals surface area contributed by atoms with Gasteiger partial charge in [-0.25, -0.2) is 0 Å². The van der Waals surface area contributed by atoms with Crippen LogP contribution in [0.25, 0.3) is 0 Å². The summed E-state index contributed by atoms with van der Waals surface area (Å²) < 4.78 is 0. The molecule has 0 heterocycles. The molecule has 0 radical (unpaired) electrons. The molecule has 4 saturated carbocycles. The SMILES string of the molecule is CC12CC(=O)C3C(CCC4CC(O)CCC43C)C1CCC2=CC#N. The molecule has 4 rings (SSSR count). The van der Waals surface area contributed by atoms with Crippen molar-refractivity contribution in [3.63, 3.8) is 0 Å². The zero-order valence-corrected chi connectivity index (χ0v) is 14.9. The Morgan fingerprint density at radius 3 is 2.79 bits per heavy atom. The number of nitriles is 1. The van der Waals surface area contributed by atoms with Crippen LogP contribution in [0.1, 0.15) is 65.2 Å². The summed E-state index contributed by atoms with van der Waals surface area (Å²) in [5.74, 6) is 2.17. The molecule has 3 nitrogen and oxygen atoms in total. The summed E-state index contributed by atoms with van der Waals surface area (Å²) in [6, 6.07) is 2.21. The second-order valence-corrected chi connectivity index (χ2v) is 9.35. The molecule has 0 saturated heterocycles. The van der Waals surface area contributed by atoms with Crippen LogP contribution in [0.4, 0.5) is 0 Å². The summed E-state index contributed by atoms with van der Waals surface area (Å²) in [6.07, 6.45) is 9.33. The second-order valence-electron chi connectivity index (χ2n) is 9.35. The molecule has 0 amide bonds. The fourth-order valence-corrected chi connectivity index (χ4v) is 7.21. The maximum Gasteiger partial charge on any atom is 0.137 e. The molecule has 1 N–H and O–H groups in total. The molecule has 24 heavy (non-hydrogen) atoms. The van der Waals surface area contributed by atoms with Crippen molar-refractivity contribution in [3.8, 4) is 6.07 Å². The molecular weight excluding hydrogens is 298 g/mol. The van der Waals surface area contributed by atoms with Gasteiger partial charge in [0.15, 0.2) is 0 Å². The van der Waals surface area contributed by atoms with Crippen LogP contribution < -0.4 is 0 Å². The summed E-state index contributed by atoms with van der Waals surface area (Å²) in [5.41, 5.74) is 1.22. The largest absolute Gasteiger partial charge is 0.393 e. The van der Waals surface area contributed by atoms with Crippen molar-refractivity contribution in [1.82, 2.24) is 0 Å². The fraction of sp³-hybridized carbons (Fsp3) is 0.810. The molecule has 4 aliphatic rings. The minimum atomic E-state index is -0.166. The summed E-state index contributed by atoms with van der Waals surface area (Å²) in [7, 11) is 0. The van der Waals surface area contributed by atoms with Crippen molar-refractivity contribution in [3.05, 3.63) is 11.6 Å². The van der Waals surface area contributed by atoms with E-state index in [0.717, 1.165) is 44.9 Å². The van der Waals surface area contributed by atoms with Crippen LogP contribution in [0.3, 0.4) is 0 Å². The van der Waals surface area contributed by atoms with Gasteiger partial charge in [-0.1, -0.05) is 19.4 Å². The highest BCUT2D eigenvalue weighted by molar-refractivity contribution is 5.85. The van der Waals surface area contributed by atoms with Gasteiger partial charge in [0.05, 0.1) is 12.2 Å². The lowest BCUT2D eigenvalue weighted by molar-refractivity contribution is -0.157. The van der Waals surface area contributed by atoms with Crippen LogP contribution in [0.15, 0.2) is 11.6 Å². The first-order valence-corrected chi connectivity index (χ1v) is 9.70. The van der Waals surface area contributed by atoms with E-state index in [-0.39, 0.29) is 22.9 Å². The summed E-state index contributed by atoms with van der Waals surface area (Å²) in [6.45, 7) is 4.57. The highest BCUT2D eigenvalue weighted by atomic mass is 16.3. The Hall–Kier alpha value is -1.14. The van der Waals surface area contributed by atoms with Crippen LogP contribution in [0.2, 0.25) is 0 Å². The van der Waals surface area contributed by atoms with E-state index in [2.05, 4.69) is 19.9 Å². The minimum Gasteiger partial charge on any atom is -0.393 e. The van der Waals surface area contributed by atoms with E-state index in [1.54, 1.807) is 6.08 Å². The average molecular weight is 327 g/mol. The molecule has 3 heteroatoms. The van der Waals surface area contributed by atoms with Gasteiger partial charge in [-0.15, -0.1) is 0 Å². The number of Topliss-reactive ketones (excluding diaryl/α,β-unsaturated/α-hetero) is 1. The molecule has 130 valence electrons. The minimum absolute atomic E-state index is 0.0780. The topological polar surface area (TPSA) is 61.1 Å². The Balaban J connectivity index is 1.70. The first-order chi connectivity index (χ1) is 11.4. The first kappa shape index (κ1) is 16.3. The van der Waals surface area contributed by atoms with Gasteiger partial charge >= 0.3 is 0 Å². The lowest BCUT2D eigenvalue weighted by atomic mass is 9.44. The predicted molar refractivity (Wildman–Crippen MR) is 91.8 cm³/mol. The standard InChI is InChI=1S/C21H29NO2/c1-20-9-7-15(23)11-14(20)3-5-16-17-6-4-13(8-10-22)21(17,2)12-18(24)19(16)20/h8,14-17,19,23H,3-7,9,11-12H2,1-2H3. The number of rotatable bonds is 0. The van der Waals surface area contributed by atoms with Gasteiger partial charge in [-0.3, -0.25) is 4.79 Å². The Morgan fingerprint density at radius 2 is 2.04 bits per heavy atom. The molecule has 0 aromatic rings. The molecule has 7 unspecified atom stereocenters. The van der Waals surface area contributed by atoms with Crippen molar-refractivity contribution in [2.75, 3.05) is 0 Å². The number of nitrogens with zero attached hydrogens (tertiary/aromatic N) is 1. The van der Waals surface area contributed by atoms with E-state index in [1.165, 1.54) is 5.57 Å². The lowest BCUT2D eigenvalue weighted by Crippen LogP contribution is -2.57. The molecule has 7 atom stereocenters. The number of carbonyl (C=O) groups is 1. The van der Waals surface area contributed by atoms with Crippen molar-refractivity contribution in [2.45, 2.75) is 71.3 Å². The van der Waals surface area contributed by atoms with E-state index < -0.39 is 0 Å². The Labute approximate surface area is 145 Å². The first-order valence-electron chi connectivity index (χ1n) is 9.70. The number of aliphatic hydroxyl groups excluding tert-OH is 1. The Bertz CT molecular complexity index is 632. The fourth-order valence-electron chi connectivity index (χ4n) is 7.21. The smallest absolute Gasteiger partial charge is 0.137 e. The third-order valence-electron chi connectivity index (χ3n) is 8.41. The number of fused-ring (bicyclic) bond motifs is 5. The van der Waals surface area contributed by atoms with Gasteiger partial charge in [0.25, 0.3) is 0 Å². The van der Waals surface area contributed by atoms with Gasteiger partial charge in [0, 0.05) is 18.4 Å². The van der Waals surface area contributed by atoms with Crippen LogP contribution in [0.5, 0.6) is 0 Å². The number of hydrogen-bond acceptors (Lipinski definition) is 3. The van der Waals surface area contributed by atoms with Crippen LogP contribution in [-0.4, -0.2) is 17.0 Å². The highest BCUT2D eigenvalue weighted by Crippen LogP contribution is 2.66. The molecule has 0 aromatic heterocycles. The summed E-state index contributed by atoms with van der Waals surface area (Å²) >= 11 is 0. The Morgan fingerprint density at radius 1 is 1.25 bits per heavy atom. The zero-order valence-electron chi connectivity index (χ0n) is 14.9. The summed E-state index contributed by atoms with van der Waals surface area (Å²) in [5, 5.41) is 19.2. The molecule has 4 aliphatic carbocycles. The average Bonchev–Trinajstić information content (AvgIpc) is 2.84. The van der Waals surface area contributed by atoms with Gasteiger partial charge in [-0.05, 0) is 73.5 Å². The maximum absolute atomic E-state index is 13.3. The van der Waals surface area contributed by atoms with Gasteiger partial charge in [0.1, 0.15) is 5.78 Å². The lowest BCUT2D eigenvalue weighted by Gasteiger charge is -2.59. The number of allylic oxidation sites excluding steroid dienone is 2. The van der Waals surface area contributed by atoms with E-state index in [0.29, 0.717) is 30.0 Å². The van der Waals surface area contributed by atoms with Gasteiger partial charge in [0.2, 0.25) is 0 Å². The van der Waals surface area contributed by atoms with Crippen molar-refractivity contribution in [1.29, 1.82) is 5.26 Å². The number of carbonyl (C=O) groups excluding carboxylic acids is 1. The van der Waals surface area contributed by atoms with Crippen LogP contribution in [0, 0.1) is 45.8 Å². The molecular formula is C21H29NO2. The molecule has 4 fully saturated rings. The van der Waals surface area contributed by atoms with Crippen LogP contribution in [-0.2, 0) is 4.79 Å². The maximum atomic E-state index is 13.3. The highest BCUT2D eigenvalue weighted by Gasteiger charge is 2.62. The molecule has 0 aromatic carbocycles. The number of ketones is 1. The molecule has 0 spiro atoms. The van der Waals surface area contributed by atoms with Crippen molar-refractivity contribution in [2.24, 2.45) is 34.5 Å². The van der Waals surface area contributed by atoms with Gasteiger partial charge in [-0.2, -0.15) is 5.26 Å². The molecule has 0 bridgehead atoms. The quantitative estimate of drug-likeness (QED) is 0.684. The zero-order chi connectivity index (χ0) is 17.1. The van der Waals surface area contributed by atoms with E-state index >= 15 is 0 Å². The monoisotopic (exact) mass is 327 g/mol. The number of hydrogen-bond donors (Lipinski definition) is 1. The predicted octanol–water partition coefficient (Wildman–Crippen LogP) is 4.02.